The van der Waals surface area contributed by atoms with Crippen molar-refractivity contribution in [2.45, 2.75) is 18.9 Å². The Morgan fingerprint density at radius 1 is 1.32 bits per heavy atom. The van der Waals surface area contributed by atoms with E-state index in [0.29, 0.717) is 0 Å². The van der Waals surface area contributed by atoms with Gasteiger partial charge >= 0.3 is 0 Å². The number of benzene rings is 1. The normalized spacial score (nSPS) is 14.6. The minimum absolute atomic E-state index is 0.735. The highest BCUT2D eigenvalue weighted by atomic mass is 15.6. The molecule has 100 valence electrons. The van der Waals surface area contributed by atoms with E-state index in [0.717, 1.165) is 30.8 Å². The van der Waals surface area contributed by atoms with E-state index in [1.807, 2.05) is 37.4 Å². The van der Waals surface area contributed by atoms with E-state index >= 15 is 0 Å². The van der Waals surface area contributed by atoms with Crippen molar-refractivity contribution < 1.29 is 0 Å². The zero-order chi connectivity index (χ0) is 13.1. The summed E-state index contributed by atoms with van der Waals surface area (Å²) in [5.74, 6) is 0.767. The van der Waals surface area contributed by atoms with Crippen molar-refractivity contribution in [3.8, 4) is 5.69 Å². The molecule has 1 aliphatic rings. The van der Waals surface area contributed by atoms with Crippen LogP contribution in [-0.4, -0.2) is 46.4 Å². The predicted molar refractivity (Wildman–Crippen MR) is 73.4 cm³/mol. The molecule has 0 radical (unpaired) electrons. The molecule has 1 heterocycles. The zero-order valence-electron chi connectivity index (χ0n) is 11.0. The van der Waals surface area contributed by atoms with Crippen LogP contribution in [0.2, 0.25) is 0 Å². The molecule has 1 N–H and O–H groups in total. The molecule has 1 saturated carbocycles. The summed E-state index contributed by atoms with van der Waals surface area (Å²) >= 11 is 0. The summed E-state index contributed by atoms with van der Waals surface area (Å²) in [6, 6.07) is 10.7. The Hall–Kier alpha value is -1.95. The molecule has 0 aliphatic heterocycles. The molecule has 0 atom stereocenters. The summed E-state index contributed by atoms with van der Waals surface area (Å²) in [4.78, 5) is 2.07. The number of aromatic nitrogens is 4. The highest BCUT2D eigenvalue weighted by molar-refractivity contribution is 5.39. The van der Waals surface area contributed by atoms with Crippen molar-refractivity contribution in [3.05, 3.63) is 30.3 Å². The minimum atomic E-state index is 0.735. The van der Waals surface area contributed by atoms with Crippen molar-refractivity contribution in [1.29, 1.82) is 0 Å². The van der Waals surface area contributed by atoms with E-state index in [1.54, 1.807) is 4.68 Å². The van der Waals surface area contributed by atoms with Gasteiger partial charge in [-0.1, -0.05) is 23.3 Å². The van der Waals surface area contributed by atoms with E-state index in [-0.39, 0.29) is 0 Å². The van der Waals surface area contributed by atoms with Crippen LogP contribution in [0.4, 0.5) is 5.95 Å². The summed E-state index contributed by atoms with van der Waals surface area (Å²) in [6.45, 7) is 1.85. The standard InChI is InChI=1S/C13H18N6/c1-18(10-9-14-11-7-8-11)13-15-16-17-19(13)12-5-3-2-4-6-12/h2-6,11,14H,7-10H2,1H3. The van der Waals surface area contributed by atoms with E-state index in [9.17, 15) is 0 Å². The monoisotopic (exact) mass is 258 g/mol. The highest BCUT2D eigenvalue weighted by Gasteiger charge is 2.20. The van der Waals surface area contributed by atoms with Crippen LogP contribution in [0.25, 0.3) is 5.69 Å². The molecule has 2 aromatic rings. The Morgan fingerprint density at radius 2 is 2.11 bits per heavy atom. The van der Waals surface area contributed by atoms with Crippen LogP contribution in [0.5, 0.6) is 0 Å². The molecular weight excluding hydrogens is 240 g/mol. The molecule has 1 aromatic heterocycles. The number of likely N-dealkylation sites (N-methyl/N-ethyl adjacent to an activating group) is 1. The second-order valence-electron chi connectivity index (χ2n) is 4.88. The predicted octanol–water partition coefficient (Wildman–Crippen LogP) is 0.850. The van der Waals surface area contributed by atoms with Crippen LogP contribution < -0.4 is 10.2 Å². The number of tetrazole rings is 1. The average Bonchev–Trinajstić information content (AvgIpc) is 3.13. The van der Waals surface area contributed by atoms with Crippen LogP contribution in [0.15, 0.2) is 30.3 Å². The second-order valence-corrected chi connectivity index (χ2v) is 4.88. The number of hydrogen-bond acceptors (Lipinski definition) is 5. The fourth-order valence-corrected chi connectivity index (χ4v) is 1.98. The summed E-state index contributed by atoms with van der Waals surface area (Å²) in [5.41, 5.74) is 0.976. The molecule has 6 heteroatoms. The van der Waals surface area contributed by atoms with Gasteiger partial charge in [0.15, 0.2) is 0 Å². The van der Waals surface area contributed by atoms with Crippen LogP contribution >= 0.6 is 0 Å². The number of anilines is 1. The van der Waals surface area contributed by atoms with Crippen molar-refractivity contribution in [1.82, 2.24) is 25.5 Å². The Kier molecular flexibility index (Phi) is 3.41. The SMILES string of the molecule is CN(CCNC1CC1)c1nnnn1-c1ccccc1. The maximum absolute atomic E-state index is 4.11. The van der Waals surface area contributed by atoms with Gasteiger partial charge < -0.3 is 10.2 Å². The first-order valence-corrected chi connectivity index (χ1v) is 6.63. The molecular formula is C13H18N6. The second kappa shape index (κ2) is 5.36. The number of nitrogens with one attached hydrogen (secondary N) is 1. The van der Waals surface area contributed by atoms with Crippen molar-refractivity contribution >= 4 is 5.95 Å². The molecule has 19 heavy (non-hydrogen) atoms. The first kappa shape index (κ1) is 12.1. The van der Waals surface area contributed by atoms with Gasteiger partial charge in [0.1, 0.15) is 0 Å². The molecule has 1 aliphatic carbocycles. The molecule has 0 unspecified atom stereocenters. The number of para-hydroxylation sites is 1. The van der Waals surface area contributed by atoms with Gasteiger partial charge in [-0.05, 0) is 35.4 Å². The summed E-state index contributed by atoms with van der Waals surface area (Å²) in [7, 11) is 2.01. The smallest absolute Gasteiger partial charge is 0.250 e. The first-order valence-electron chi connectivity index (χ1n) is 6.63. The van der Waals surface area contributed by atoms with Gasteiger partial charge in [-0.2, -0.15) is 4.68 Å². The molecule has 0 spiro atoms. The van der Waals surface area contributed by atoms with Crippen LogP contribution in [-0.2, 0) is 0 Å². The lowest BCUT2D eigenvalue weighted by atomic mass is 10.3. The molecule has 3 rings (SSSR count). The first-order chi connectivity index (χ1) is 9.34. The Bertz CT molecular complexity index is 519. The third-order valence-corrected chi connectivity index (χ3v) is 3.25. The molecule has 0 saturated heterocycles. The van der Waals surface area contributed by atoms with E-state index < -0.39 is 0 Å². The summed E-state index contributed by atoms with van der Waals surface area (Å²) < 4.78 is 1.76. The lowest BCUT2D eigenvalue weighted by Gasteiger charge is -2.17. The van der Waals surface area contributed by atoms with Gasteiger partial charge in [0.05, 0.1) is 5.69 Å². The fourth-order valence-electron chi connectivity index (χ4n) is 1.98. The Labute approximate surface area is 112 Å². The van der Waals surface area contributed by atoms with Crippen LogP contribution in [0.3, 0.4) is 0 Å². The van der Waals surface area contributed by atoms with Gasteiger partial charge in [-0.15, -0.1) is 0 Å². The third kappa shape index (κ3) is 2.90. The van der Waals surface area contributed by atoms with Crippen molar-refractivity contribution in [3.63, 3.8) is 0 Å². The quantitative estimate of drug-likeness (QED) is 0.832. The molecule has 1 aromatic carbocycles. The largest absolute Gasteiger partial charge is 0.341 e. The topological polar surface area (TPSA) is 58.9 Å². The van der Waals surface area contributed by atoms with E-state index in [1.165, 1.54) is 12.8 Å². The summed E-state index contributed by atoms with van der Waals surface area (Å²) in [5, 5.41) is 15.4. The minimum Gasteiger partial charge on any atom is -0.341 e. The molecule has 0 bridgehead atoms. The van der Waals surface area contributed by atoms with Gasteiger partial charge in [-0.3, -0.25) is 0 Å². The molecule has 6 nitrogen and oxygen atoms in total. The molecule has 1 fully saturated rings. The van der Waals surface area contributed by atoms with Gasteiger partial charge in [0.25, 0.3) is 0 Å². The van der Waals surface area contributed by atoms with Crippen LogP contribution in [0.1, 0.15) is 12.8 Å². The maximum Gasteiger partial charge on any atom is 0.250 e. The van der Waals surface area contributed by atoms with Crippen molar-refractivity contribution in [2.75, 3.05) is 25.0 Å². The average molecular weight is 258 g/mol. The Balaban J connectivity index is 1.68. The van der Waals surface area contributed by atoms with E-state index in [4.69, 9.17) is 0 Å². The summed E-state index contributed by atoms with van der Waals surface area (Å²) in [6.07, 6.45) is 2.62. The number of nitrogens with zero attached hydrogens (tertiary/aromatic N) is 5. The molecule has 0 amide bonds. The maximum atomic E-state index is 4.11. The van der Waals surface area contributed by atoms with Gasteiger partial charge in [0.2, 0.25) is 5.95 Å². The lowest BCUT2D eigenvalue weighted by Crippen LogP contribution is -2.31. The fraction of sp³-hybridized carbons (Fsp3) is 0.462. The highest BCUT2D eigenvalue weighted by Crippen LogP contribution is 2.18. The number of hydrogen-bond donors (Lipinski definition) is 1. The van der Waals surface area contributed by atoms with Crippen LogP contribution in [0, 0.1) is 0 Å². The van der Waals surface area contributed by atoms with Crippen molar-refractivity contribution in [2.24, 2.45) is 0 Å². The lowest BCUT2D eigenvalue weighted by molar-refractivity contribution is 0.665. The number of rotatable bonds is 6. The third-order valence-electron chi connectivity index (χ3n) is 3.25. The van der Waals surface area contributed by atoms with E-state index in [2.05, 4.69) is 25.7 Å². The Morgan fingerprint density at radius 3 is 2.84 bits per heavy atom. The van der Waals surface area contributed by atoms with Gasteiger partial charge in [0, 0.05) is 26.2 Å². The zero-order valence-corrected chi connectivity index (χ0v) is 11.0. The van der Waals surface area contributed by atoms with Gasteiger partial charge in [-0.25, -0.2) is 0 Å².